The average Bonchev–Trinajstić information content (AvgIpc) is 2.76. The van der Waals surface area contributed by atoms with E-state index in [1.807, 2.05) is 75.4 Å². The molecule has 0 spiro atoms. The van der Waals surface area contributed by atoms with Crippen LogP contribution in [0.25, 0.3) is 28.4 Å². The van der Waals surface area contributed by atoms with Crippen molar-refractivity contribution < 1.29 is 13.9 Å². The highest BCUT2D eigenvalue weighted by molar-refractivity contribution is 5.91. The van der Waals surface area contributed by atoms with Crippen LogP contribution in [0.5, 0.6) is 5.75 Å². The Hall–Kier alpha value is -3.92. The molecule has 3 aromatic carbocycles. The lowest BCUT2D eigenvalue weighted by atomic mass is 10.1. The molecule has 0 aliphatic carbocycles. The van der Waals surface area contributed by atoms with E-state index in [-0.39, 0.29) is 16.9 Å². The lowest BCUT2D eigenvalue weighted by molar-refractivity contribution is -0.129. The molecule has 0 aliphatic heterocycles. The number of ether oxygens (including phenoxy) is 1. The molecule has 154 valence electrons. The van der Waals surface area contributed by atoms with E-state index in [1.165, 1.54) is 6.08 Å². The van der Waals surface area contributed by atoms with Gasteiger partial charge in [-0.3, -0.25) is 4.79 Å². The number of aryl methyl sites for hydroxylation is 3. The molecule has 0 aliphatic rings. The molecule has 0 saturated carbocycles. The molecule has 0 unspecified atom stereocenters. The van der Waals surface area contributed by atoms with Gasteiger partial charge in [-0.15, -0.1) is 0 Å². The first kappa shape index (κ1) is 20.4. The molecule has 31 heavy (non-hydrogen) atoms. The van der Waals surface area contributed by atoms with Crippen LogP contribution in [0.2, 0.25) is 0 Å². The summed E-state index contributed by atoms with van der Waals surface area (Å²) in [6.45, 7) is 5.86. The van der Waals surface area contributed by atoms with Crippen molar-refractivity contribution in [1.29, 1.82) is 0 Å². The minimum absolute atomic E-state index is 0.111. The van der Waals surface area contributed by atoms with Crippen molar-refractivity contribution in [3.8, 4) is 17.1 Å². The van der Waals surface area contributed by atoms with Crippen molar-refractivity contribution in [3.63, 3.8) is 0 Å². The van der Waals surface area contributed by atoms with Crippen molar-refractivity contribution in [2.75, 3.05) is 0 Å². The predicted molar refractivity (Wildman–Crippen MR) is 123 cm³/mol. The third-order valence-corrected chi connectivity index (χ3v) is 5.01. The third-order valence-electron chi connectivity index (χ3n) is 5.01. The van der Waals surface area contributed by atoms with E-state index in [0.717, 1.165) is 22.3 Å². The topological polar surface area (TPSA) is 56.5 Å². The minimum atomic E-state index is -0.645. The number of esters is 1. The maximum atomic E-state index is 13.2. The maximum absolute atomic E-state index is 13.2. The normalized spacial score (nSPS) is 11.2. The lowest BCUT2D eigenvalue weighted by Gasteiger charge is -2.10. The summed E-state index contributed by atoms with van der Waals surface area (Å²) in [4.78, 5) is 25.8. The van der Waals surface area contributed by atoms with Crippen LogP contribution in [0.3, 0.4) is 0 Å². The van der Waals surface area contributed by atoms with Gasteiger partial charge >= 0.3 is 5.97 Å². The molecule has 1 heterocycles. The van der Waals surface area contributed by atoms with E-state index in [4.69, 9.17) is 9.15 Å². The number of hydrogen-bond donors (Lipinski definition) is 0. The van der Waals surface area contributed by atoms with Crippen LogP contribution in [0.1, 0.15) is 22.3 Å². The second-order valence-electron chi connectivity index (χ2n) is 7.62. The number of benzene rings is 3. The Morgan fingerprint density at radius 2 is 1.45 bits per heavy atom. The standard InChI is InChI=1S/C27H22O4/c1-17-4-9-20(10-5-17)11-15-24(28)31-27-25(29)22-16-19(3)8-14-23(22)30-26(27)21-12-6-18(2)7-13-21/h4-16H,1-3H3. The van der Waals surface area contributed by atoms with E-state index in [2.05, 4.69) is 0 Å². The van der Waals surface area contributed by atoms with E-state index < -0.39 is 5.97 Å². The van der Waals surface area contributed by atoms with Crippen LogP contribution >= 0.6 is 0 Å². The molecule has 0 N–H and O–H groups in total. The van der Waals surface area contributed by atoms with Crippen LogP contribution in [0.4, 0.5) is 0 Å². The fraction of sp³-hybridized carbons (Fsp3) is 0.111. The zero-order chi connectivity index (χ0) is 22.0. The molecular formula is C27H22O4. The van der Waals surface area contributed by atoms with Gasteiger partial charge in [-0.2, -0.15) is 0 Å². The summed E-state index contributed by atoms with van der Waals surface area (Å²) >= 11 is 0. The lowest BCUT2D eigenvalue weighted by Crippen LogP contribution is -2.14. The van der Waals surface area contributed by atoms with Gasteiger partial charge in [0.15, 0.2) is 5.76 Å². The monoisotopic (exact) mass is 410 g/mol. The molecule has 0 fully saturated rings. The summed E-state index contributed by atoms with van der Waals surface area (Å²) in [7, 11) is 0. The van der Waals surface area contributed by atoms with Crippen molar-refractivity contribution in [1.82, 2.24) is 0 Å². The molecule has 4 rings (SSSR count). The molecule has 4 aromatic rings. The summed E-state index contributed by atoms with van der Waals surface area (Å²) < 4.78 is 11.6. The van der Waals surface area contributed by atoms with Gasteiger partial charge in [0, 0.05) is 11.6 Å². The highest BCUT2D eigenvalue weighted by atomic mass is 16.5. The summed E-state index contributed by atoms with van der Waals surface area (Å²) in [5.74, 6) is -0.521. The fourth-order valence-corrected chi connectivity index (χ4v) is 3.26. The van der Waals surface area contributed by atoms with Crippen molar-refractivity contribution in [3.05, 3.63) is 105 Å². The van der Waals surface area contributed by atoms with Crippen LogP contribution < -0.4 is 10.2 Å². The van der Waals surface area contributed by atoms with E-state index >= 15 is 0 Å². The zero-order valence-electron chi connectivity index (χ0n) is 17.6. The second-order valence-corrected chi connectivity index (χ2v) is 7.62. The molecule has 0 radical (unpaired) electrons. The zero-order valence-corrected chi connectivity index (χ0v) is 17.6. The van der Waals surface area contributed by atoms with Gasteiger partial charge in [0.1, 0.15) is 5.58 Å². The summed E-state index contributed by atoms with van der Waals surface area (Å²) in [6.07, 6.45) is 2.96. The minimum Gasteiger partial charge on any atom is -0.452 e. The summed E-state index contributed by atoms with van der Waals surface area (Å²) in [5, 5.41) is 0.376. The number of carbonyl (C=O) groups excluding carboxylic acids is 1. The van der Waals surface area contributed by atoms with E-state index in [0.29, 0.717) is 16.5 Å². The van der Waals surface area contributed by atoms with Crippen LogP contribution in [-0.2, 0) is 4.79 Å². The van der Waals surface area contributed by atoms with Gasteiger partial charge < -0.3 is 9.15 Å². The average molecular weight is 410 g/mol. The molecule has 0 bridgehead atoms. The highest BCUT2D eigenvalue weighted by Crippen LogP contribution is 2.31. The maximum Gasteiger partial charge on any atom is 0.336 e. The van der Waals surface area contributed by atoms with Crippen molar-refractivity contribution >= 4 is 23.0 Å². The Morgan fingerprint density at radius 3 is 2.13 bits per heavy atom. The quantitative estimate of drug-likeness (QED) is 0.306. The van der Waals surface area contributed by atoms with Gasteiger partial charge in [-0.05, 0) is 44.5 Å². The van der Waals surface area contributed by atoms with Crippen LogP contribution in [0.15, 0.2) is 82.0 Å². The van der Waals surface area contributed by atoms with Gasteiger partial charge in [0.25, 0.3) is 0 Å². The fourth-order valence-electron chi connectivity index (χ4n) is 3.26. The van der Waals surface area contributed by atoms with Crippen LogP contribution in [-0.4, -0.2) is 5.97 Å². The van der Waals surface area contributed by atoms with E-state index in [1.54, 1.807) is 18.2 Å². The Kier molecular flexibility index (Phi) is 5.54. The largest absolute Gasteiger partial charge is 0.452 e. The predicted octanol–water partition coefficient (Wildman–Crippen LogP) is 6.00. The Morgan fingerprint density at radius 1 is 0.839 bits per heavy atom. The van der Waals surface area contributed by atoms with E-state index in [9.17, 15) is 9.59 Å². The SMILES string of the molecule is Cc1ccc(C=CC(=O)Oc2c(-c3ccc(C)cc3)oc3ccc(C)cc3c2=O)cc1. The first-order valence-corrected chi connectivity index (χ1v) is 10.0. The molecule has 0 amide bonds. The molecule has 4 heteroatoms. The summed E-state index contributed by atoms with van der Waals surface area (Å²) in [5.41, 5.74) is 4.71. The Balaban J connectivity index is 1.77. The number of fused-ring (bicyclic) bond motifs is 1. The first-order valence-electron chi connectivity index (χ1n) is 10.0. The first-order chi connectivity index (χ1) is 14.9. The smallest absolute Gasteiger partial charge is 0.336 e. The highest BCUT2D eigenvalue weighted by Gasteiger charge is 2.20. The second kappa shape index (κ2) is 8.44. The van der Waals surface area contributed by atoms with Gasteiger partial charge in [0.2, 0.25) is 11.2 Å². The number of rotatable bonds is 4. The van der Waals surface area contributed by atoms with Gasteiger partial charge in [-0.25, -0.2) is 4.79 Å². The molecule has 0 atom stereocenters. The molecule has 1 aromatic heterocycles. The Labute approximate surface area is 180 Å². The molecule has 4 nitrogen and oxygen atoms in total. The molecule has 0 saturated heterocycles. The number of hydrogen-bond acceptors (Lipinski definition) is 4. The van der Waals surface area contributed by atoms with Gasteiger partial charge in [-0.1, -0.05) is 71.3 Å². The molecular weight excluding hydrogens is 388 g/mol. The summed E-state index contributed by atoms with van der Waals surface area (Å²) in [6, 6.07) is 20.6. The third kappa shape index (κ3) is 4.48. The number of carbonyl (C=O) groups is 1. The van der Waals surface area contributed by atoms with Crippen LogP contribution in [0, 0.1) is 20.8 Å². The van der Waals surface area contributed by atoms with Crippen molar-refractivity contribution in [2.45, 2.75) is 20.8 Å². The van der Waals surface area contributed by atoms with Crippen molar-refractivity contribution in [2.24, 2.45) is 0 Å². The van der Waals surface area contributed by atoms with Gasteiger partial charge in [0.05, 0.1) is 5.39 Å². The Bertz CT molecular complexity index is 1340.